The fraction of sp³-hybridized carbons (Fsp3) is 0.111. The average Bonchev–Trinajstić information content (AvgIpc) is 2.15. The van der Waals surface area contributed by atoms with E-state index in [-0.39, 0.29) is 0 Å². The van der Waals surface area contributed by atoms with Crippen LogP contribution in [-0.4, -0.2) is 28.1 Å². The van der Waals surface area contributed by atoms with Gasteiger partial charge in [0.1, 0.15) is 5.75 Å². The van der Waals surface area contributed by atoms with Crippen LogP contribution in [0.25, 0.3) is 0 Å². The van der Waals surface area contributed by atoms with Crippen molar-refractivity contribution in [2.24, 2.45) is 0 Å². The van der Waals surface area contributed by atoms with Crippen molar-refractivity contribution in [2.75, 3.05) is 0 Å². The number of benzene rings is 1. The highest BCUT2D eigenvalue weighted by Gasteiger charge is 2.40. The van der Waals surface area contributed by atoms with Crippen LogP contribution in [0.2, 0.25) is 0 Å². The highest BCUT2D eigenvalue weighted by atomic mass is 19.4. The smallest absolute Gasteiger partial charge is 0.455 e. The van der Waals surface area contributed by atoms with Crippen molar-refractivity contribution in [3.05, 3.63) is 29.3 Å². The Bertz CT molecular complexity index is 451. The highest BCUT2D eigenvalue weighted by molar-refractivity contribution is 6.04. The fourth-order valence-electron chi connectivity index (χ4n) is 1.00. The first-order chi connectivity index (χ1) is 7.23. The molecule has 0 bridgehead atoms. The molecule has 0 heterocycles. The molecule has 86 valence electrons. The molecule has 0 fully saturated rings. The van der Waals surface area contributed by atoms with Crippen LogP contribution in [-0.2, 0) is 0 Å². The number of carboxylic acids is 1. The van der Waals surface area contributed by atoms with Gasteiger partial charge in [0.05, 0.1) is 11.1 Å². The Morgan fingerprint density at radius 1 is 1.19 bits per heavy atom. The quantitative estimate of drug-likeness (QED) is 0.765. The number of ketones is 1. The number of carboxylic acid groups (broad SMARTS) is 1. The van der Waals surface area contributed by atoms with Crippen molar-refractivity contribution in [1.29, 1.82) is 0 Å². The maximum atomic E-state index is 12.0. The molecule has 0 aliphatic heterocycles. The minimum Gasteiger partial charge on any atom is -0.507 e. The molecule has 0 unspecified atom stereocenters. The van der Waals surface area contributed by atoms with Gasteiger partial charge in [0.2, 0.25) is 0 Å². The number of hydrogen-bond donors (Lipinski definition) is 2. The second-order valence-corrected chi connectivity index (χ2v) is 2.86. The lowest BCUT2D eigenvalue weighted by Gasteiger charge is -2.07. The number of aromatic carboxylic acids is 1. The molecule has 16 heavy (non-hydrogen) atoms. The molecule has 0 atom stereocenters. The van der Waals surface area contributed by atoms with Gasteiger partial charge in [-0.2, -0.15) is 13.2 Å². The largest absolute Gasteiger partial charge is 0.507 e. The minimum absolute atomic E-state index is 0.480. The molecule has 0 amide bonds. The topological polar surface area (TPSA) is 74.6 Å². The second-order valence-electron chi connectivity index (χ2n) is 2.86. The average molecular weight is 234 g/mol. The fourth-order valence-corrected chi connectivity index (χ4v) is 1.00. The van der Waals surface area contributed by atoms with E-state index < -0.39 is 34.8 Å². The number of phenolic OH excluding ortho intramolecular Hbond substituents is 1. The number of carbonyl (C=O) groups is 2. The predicted octanol–water partition coefficient (Wildman–Crippen LogP) is 1.84. The zero-order chi connectivity index (χ0) is 12.5. The van der Waals surface area contributed by atoms with Gasteiger partial charge in [0.15, 0.2) is 0 Å². The number of rotatable bonds is 2. The number of aromatic hydroxyl groups is 1. The molecular weight excluding hydrogens is 229 g/mol. The van der Waals surface area contributed by atoms with Crippen LogP contribution in [0.1, 0.15) is 20.7 Å². The normalized spacial score (nSPS) is 11.2. The Morgan fingerprint density at radius 3 is 2.19 bits per heavy atom. The van der Waals surface area contributed by atoms with E-state index in [0.29, 0.717) is 6.07 Å². The number of alkyl halides is 3. The summed E-state index contributed by atoms with van der Waals surface area (Å²) < 4.78 is 36.1. The van der Waals surface area contributed by atoms with Crippen LogP contribution in [0.4, 0.5) is 13.2 Å². The van der Waals surface area contributed by atoms with Crippen molar-refractivity contribution in [1.82, 2.24) is 0 Å². The zero-order valence-corrected chi connectivity index (χ0v) is 7.58. The van der Waals surface area contributed by atoms with Gasteiger partial charge in [0, 0.05) is 0 Å². The van der Waals surface area contributed by atoms with E-state index in [9.17, 15) is 22.8 Å². The van der Waals surface area contributed by atoms with E-state index in [4.69, 9.17) is 10.2 Å². The van der Waals surface area contributed by atoms with Gasteiger partial charge >= 0.3 is 12.1 Å². The maximum Gasteiger partial charge on any atom is 0.455 e. The summed E-state index contributed by atoms with van der Waals surface area (Å²) in [5, 5.41) is 17.5. The molecule has 7 heteroatoms. The second kappa shape index (κ2) is 3.84. The van der Waals surface area contributed by atoms with Crippen LogP contribution in [0.15, 0.2) is 18.2 Å². The monoisotopic (exact) mass is 234 g/mol. The Kier molecular flexibility index (Phi) is 2.88. The number of carbonyl (C=O) groups excluding carboxylic acids is 1. The summed E-state index contributed by atoms with van der Waals surface area (Å²) >= 11 is 0. The molecular formula is C9H5F3O4. The third kappa shape index (κ3) is 2.30. The molecule has 0 spiro atoms. The lowest BCUT2D eigenvalue weighted by molar-refractivity contribution is -0.0886. The lowest BCUT2D eigenvalue weighted by atomic mass is 10.1. The summed E-state index contributed by atoms with van der Waals surface area (Å²) in [4.78, 5) is 21.2. The van der Waals surface area contributed by atoms with E-state index in [2.05, 4.69) is 0 Å². The molecule has 0 radical (unpaired) electrons. The number of Topliss-reactive ketones (excluding diaryl/α,β-unsaturated/α-hetero) is 1. The van der Waals surface area contributed by atoms with Crippen molar-refractivity contribution < 1.29 is 33.0 Å². The predicted molar refractivity (Wildman–Crippen MR) is 45.5 cm³/mol. The summed E-state index contributed by atoms with van der Waals surface area (Å²) in [6.45, 7) is 0. The summed E-state index contributed by atoms with van der Waals surface area (Å²) in [7, 11) is 0. The first-order valence-electron chi connectivity index (χ1n) is 3.91. The van der Waals surface area contributed by atoms with Crippen LogP contribution >= 0.6 is 0 Å². The van der Waals surface area contributed by atoms with E-state index in [0.717, 1.165) is 12.1 Å². The Balaban J connectivity index is 3.28. The van der Waals surface area contributed by atoms with Gasteiger partial charge in [-0.25, -0.2) is 4.79 Å². The minimum atomic E-state index is -5.16. The van der Waals surface area contributed by atoms with Crippen molar-refractivity contribution in [3.8, 4) is 5.75 Å². The molecule has 0 aliphatic rings. The Labute approximate surface area is 86.9 Å². The van der Waals surface area contributed by atoms with Gasteiger partial charge in [0.25, 0.3) is 5.78 Å². The van der Waals surface area contributed by atoms with Gasteiger partial charge in [-0.15, -0.1) is 0 Å². The first-order valence-corrected chi connectivity index (χ1v) is 3.91. The van der Waals surface area contributed by atoms with Crippen LogP contribution in [0.5, 0.6) is 5.75 Å². The summed E-state index contributed by atoms with van der Waals surface area (Å²) in [5.41, 5.74) is -1.59. The molecule has 0 aliphatic carbocycles. The van der Waals surface area contributed by atoms with E-state index in [1.54, 1.807) is 0 Å². The van der Waals surface area contributed by atoms with Gasteiger partial charge in [-0.05, 0) is 18.2 Å². The first kappa shape index (κ1) is 12.0. The summed E-state index contributed by atoms with van der Waals surface area (Å²) in [5.74, 6) is -4.68. The third-order valence-electron chi connectivity index (χ3n) is 1.75. The van der Waals surface area contributed by atoms with E-state index in [1.165, 1.54) is 0 Å². The van der Waals surface area contributed by atoms with Gasteiger partial charge in [-0.3, -0.25) is 4.79 Å². The van der Waals surface area contributed by atoms with Crippen LogP contribution < -0.4 is 0 Å². The molecule has 1 rings (SSSR count). The third-order valence-corrected chi connectivity index (χ3v) is 1.75. The van der Waals surface area contributed by atoms with Crippen molar-refractivity contribution in [3.63, 3.8) is 0 Å². The maximum absolute atomic E-state index is 12.0. The molecule has 0 saturated heterocycles. The van der Waals surface area contributed by atoms with E-state index >= 15 is 0 Å². The molecule has 0 saturated carbocycles. The summed E-state index contributed by atoms with van der Waals surface area (Å²) in [6.07, 6.45) is -5.16. The van der Waals surface area contributed by atoms with Crippen LogP contribution in [0.3, 0.4) is 0 Å². The molecule has 4 nitrogen and oxygen atoms in total. The lowest BCUT2D eigenvalue weighted by Crippen LogP contribution is -2.23. The highest BCUT2D eigenvalue weighted by Crippen LogP contribution is 2.27. The number of hydrogen-bond acceptors (Lipinski definition) is 3. The molecule has 2 N–H and O–H groups in total. The summed E-state index contributed by atoms with van der Waals surface area (Å²) in [6, 6.07) is 2.10. The SMILES string of the molecule is O=C(O)c1ccc(O)c(C(=O)C(F)(F)F)c1. The van der Waals surface area contributed by atoms with E-state index in [1.807, 2.05) is 0 Å². The van der Waals surface area contributed by atoms with Crippen molar-refractivity contribution >= 4 is 11.8 Å². The van der Waals surface area contributed by atoms with Crippen LogP contribution in [0, 0.1) is 0 Å². The Hall–Kier alpha value is -2.05. The molecule has 0 aromatic heterocycles. The standard InChI is InChI=1S/C9H5F3O4/c10-9(11,12)7(14)5-3-4(8(15)16)1-2-6(5)13/h1-3,13H,(H,15,16). The Morgan fingerprint density at radius 2 is 1.75 bits per heavy atom. The number of halogens is 3. The number of phenols is 1. The van der Waals surface area contributed by atoms with Gasteiger partial charge < -0.3 is 10.2 Å². The van der Waals surface area contributed by atoms with Crippen molar-refractivity contribution in [2.45, 2.75) is 6.18 Å². The molecule has 1 aromatic carbocycles. The zero-order valence-electron chi connectivity index (χ0n) is 7.58. The molecule has 1 aromatic rings. The van der Waals surface area contributed by atoms with Gasteiger partial charge in [-0.1, -0.05) is 0 Å².